The minimum Gasteiger partial charge on any atom is -0.465 e. The smallest absolute Gasteiger partial charge is 0.326 e. The van der Waals surface area contributed by atoms with Crippen LogP contribution < -0.4 is 4.90 Å². The average Bonchev–Trinajstić information content (AvgIpc) is 2.83. The minimum absolute atomic E-state index is 0.00990. The van der Waals surface area contributed by atoms with E-state index in [9.17, 15) is 9.59 Å². The molecule has 0 radical (unpaired) electrons. The van der Waals surface area contributed by atoms with Crippen LogP contribution in [-0.4, -0.2) is 36.8 Å². The fourth-order valence-corrected chi connectivity index (χ4v) is 3.56. The molecule has 0 spiro atoms. The topological polar surface area (TPSA) is 59.0 Å². The summed E-state index contributed by atoms with van der Waals surface area (Å²) in [6.45, 7) is 5.85. The van der Waals surface area contributed by atoms with Crippen molar-refractivity contribution in [3.05, 3.63) is 64.7 Å². The fraction of sp³-hybridized carbons (Fsp3) is 0.348. The monoisotopic (exact) mass is 412 g/mol. The van der Waals surface area contributed by atoms with Gasteiger partial charge in [-0.1, -0.05) is 62.2 Å². The van der Waals surface area contributed by atoms with Crippen LogP contribution in [0.15, 0.2) is 53.5 Å². The lowest BCUT2D eigenvalue weighted by atomic mass is 9.98. The van der Waals surface area contributed by atoms with E-state index in [1.54, 1.807) is 19.1 Å². The third-order valence-corrected chi connectivity index (χ3v) is 5.35. The highest BCUT2D eigenvalue weighted by Crippen LogP contribution is 2.33. The van der Waals surface area contributed by atoms with Gasteiger partial charge in [0.15, 0.2) is 0 Å². The van der Waals surface area contributed by atoms with Gasteiger partial charge in [0.05, 0.1) is 18.0 Å². The summed E-state index contributed by atoms with van der Waals surface area (Å²) in [5, 5.41) is 0.486. The molecule has 1 aliphatic heterocycles. The summed E-state index contributed by atoms with van der Waals surface area (Å²) in [5.74, 6) is -0.671. The van der Waals surface area contributed by atoms with E-state index in [0.29, 0.717) is 10.7 Å². The second-order valence-corrected chi connectivity index (χ2v) is 7.50. The molecule has 3 rings (SSSR count). The number of benzene rings is 2. The molecule has 2 aromatic carbocycles. The van der Waals surface area contributed by atoms with Gasteiger partial charge in [-0.2, -0.15) is 0 Å². The number of esters is 1. The Balaban J connectivity index is 2.21. The Hall–Kier alpha value is -2.66. The van der Waals surface area contributed by atoms with Crippen LogP contribution in [0.2, 0.25) is 5.02 Å². The van der Waals surface area contributed by atoms with Gasteiger partial charge < -0.3 is 4.74 Å². The molecule has 6 heteroatoms. The molecule has 0 bridgehead atoms. The number of carbonyl (C=O) groups excluding carboxylic acids is 2. The van der Waals surface area contributed by atoms with Gasteiger partial charge in [0.2, 0.25) is 0 Å². The van der Waals surface area contributed by atoms with Gasteiger partial charge in [-0.25, -0.2) is 0 Å². The SMILES string of the molecule is CCOC(=O)CN1C(=O)C([C@@H](C)CC)N=C(c2ccccc2)c2ccc(Cl)cc21. The summed E-state index contributed by atoms with van der Waals surface area (Å²) < 4.78 is 5.11. The van der Waals surface area contributed by atoms with Crippen LogP contribution in [0.25, 0.3) is 0 Å². The largest absolute Gasteiger partial charge is 0.465 e. The Kier molecular flexibility index (Phi) is 6.70. The predicted octanol–water partition coefficient (Wildman–Crippen LogP) is 4.50. The number of carbonyl (C=O) groups is 2. The maximum atomic E-state index is 13.5. The number of nitrogens with zero attached hydrogens (tertiary/aromatic N) is 2. The van der Waals surface area contributed by atoms with Crippen molar-refractivity contribution < 1.29 is 14.3 Å². The highest BCUT2D eigenvalue weighted by atomic mass is 35.5. The number of fused-ring (bicyclic) bond motifs is 1. The van der Waals surface area contributed by atoms with Crippen LogP contribution in [0.5, 0.6) is 0 Å². The molecule has 0 aromatic heterocycles. The summed E-state index contributed by atoms with van der Waals surface area (Å²) in [5.41, 5.74) is 2.98. The molecule has 0 N–H and O–H groups in total. The number of hydrogen-bond donors (Lipinski definition) is 0. The van der Waals surface area contributed by atoms with E-state index >= 15 is 0 Å². The van der Waals surface area contributed by atoms with Gasteiger partial charge in [0.25, 0.3) is 5.91 Å². The number of amides is 1. The predicted molar refractivity (Wildman–Crippen MR) is 116 cm³/mol. The van der Waals surface area contributed by atoms with Crippen molar-refractivity contribution >= 4 is 34.9 Å². The van der Waals surface area contributed by atoms with E-state index in [1.807, 2.05) is 50.2 Å². The van der Waals surface area contributed by atoms with Crippen molar-refractivity contribution in [2.24, 2.45) is 10.9 Å². The molecule has 1 heterocycles. The highest BCUT2D eigenvalue weighted by molar-refractivity contribution is 6.31. The number of anilines is 1. The zero-order chi connectivity index (χ0) is 21.0. The van der Waals surface area contributed by atoms with Gasteiger partial charge in [-0.15, -0.1) is 0 Å². The van der Waals surface area contributed by atoms with Crippen molar-refractivity contribution in [1.82, 2.24) is 0 Å². The van der Waals surface area contributed by atoms with Crippen LogP contribution in [-0.2, 0) is 14.3 Å². The van der Waals surface area contributed by atoms with E-state index < -0.39 is 12.0 Å². The Morgan fingerprint density at radius 3 is 2.59 bits per heavy atom. The number of hydrogen-bond acceptors (Lipinski definition) is 4. The Labute approximate surface area is 176 Å². The minimum atomic E-state index is -0.601. The van der Waals surface area contributed by atoms with E-state index in [-0.39, 0.29) is 25.0 Å². The fourth-order valence-electron chi connectivity index (χ4n) is 3.39. The van der Waals surface area contributed by atoms with Gasteiger partial charge in [0.1, 0.15) is 12.6 Å². The van der Waals surface area contributed by atoms with Crippen molar-refractivity contribution in [2.75, 3.05) is 18.1 Å². The lowest BCUT2D eigenvalue weighted by Gasteiger charge is -2.26. The van der Waals surface area contributed by atoms with Crippen molar-refractivity contribution in [3.63, 3.8) is 0 Å². The summed E-state index contributed by atoms with van der Waals surface area (Å²) in [6.07, 6.45) is 0.784. The van der Waals surface area contributed by atoms with E-state index in [0.717, 1.165) is 23.3 Å². The quantitative estimate of drug-likeness (QED) is 0.656. The molecule has 152 valence electrons. The number of halogens is 1. The number of aliphatic imine (C=N–C) groups is 1. The van der Waals surface area contributed by atoms with Gasteiger partial charge >= 0.3 is 5.97 Å². The maximum Gasteiger partial charge on any atom is 0.326 e. The molecule has 5 nitrogen and oxygen atoms in total. The second kappa shape index (κ2) is 9.23. The zero-order valence-electron chi connectivity index (χ0n) is 16.9. The van der Waals surface area contributed by atoms with Crippen molar-refractivity contribution in [3.8, 4) is 0 Å². The Morgan fingerprint density at radius 1 is 1.21 bits per heavy atom. The summed E-state index contributed by atoms with van der Waals surface area (Å²) in [7, 11) is 0. The Morgan fingerprint density at radius 2 is 1.93 bits per heavy atom. The molecule has 1 aliphatic rings. The number of ether oxygens (including phenoxy) is 1. The van der Waals surface area contributed by atoms with Gasteiger partial charge in [-0.3, -0.25) is 19.5 Å². The first-order chi connectivity index (χ1) is 14.0. The highest BCUT2D eigenvalue weighted by Gasteiger charge is 2.35. The molecule has 2 atom stereocenters. The lowest BCUT2D eigenvalue weighted by Crippen LogP contribution is -2.43. The molecule has 0 aliphatic carbocycles. The lowest BCUT2D eigenvalue weighted by molar-refractivity contribution is -0.142. The molecular weight excluding hydrogens is 388 g/mol. The normalized spacial score (nSPS) is 17.2. The van der Waals surface area contributed by atoms with E-state index in [2.05, 4.69) is 0 Å². The number of benzodiazepines with no additional fused rings is 1. The summed E-state index contributed by atoms with van der Waals surface area (Å²) >= 11 is 6.27. The second-order valence-electron chi connectivity index (χ2n) is 7.06. The van der Waals surface area contributed by atoms with Crippen LogP contribution in [0, 0.1) is 5.92 Å². The first-order valence-corrected chi connectivity index (χ1v) is 10.2. The first-order valence-electron chi connectivity index (χ1n) is 9.86. The summed E-state index contributed by atoms with van der Waals surface area (Å²) in [6, 6.07) is 14.5. The first kappa shape index (κ1) is 21.1. The molecule has 29 heavy (non-hydrogen) atoms. The van der Waals surface area contributed by atoms with Crippen LogP contribution in [0.4, 0.5) is 5.69 Å². The zero-order valence-corrected chi connectivity index (χ0v) is 17.6. The van der Waals surface area contributed by atoms with E-state index in [1.165, 1.54) is 4.90 Å². The molecule has 0 saturated heterocycles. The molecule has 1 unspecified atom stereocenters. The average molecular weight is 413 g/mol. The third kappa shape index (κ3) is 4.51. The van der Waals surface area contributed by atoms with Gasteiger partial charge in [0, 0.05) is 16.1 Å². The van der Waals surface area contributed by atoms with Crippen molar-refractivity contribution in [2.45, 2.75) is 33.2 Å². The maximum absolute atomic E-state index is 13.5. The molecule has 0 saturated carbocycles. The Bertz CT molecular complexity index is 927. The van der Waals surface area contributed by atoms with Gasteiger partial charge in [-0.05, 0) is 31.0 Å². The molecule has 0 fully saturated rings. The van der Waals surface area contributed by atoms with Crippen LogP contribution in [0.1, 0.15) is 38.3 Å². The molecule has 1 amide bonds. The molecular formula is C23H25ClN2O3. The van der Waals surface area contributed by atoms with Crippen LogP contribution >= 0.6 is 11.6 Å². The summed E-state index contributed by atoms with van der Waals surface area (Å²) in [4.78, 5) is 32.1. The standard InChI is InChI=1S/C23H25ClN2O3/c1-4-15(3)21-23(28)26(14-20(27)29-5-2)19-13-17(24)11-12-18(19)22(25-21)16-9-7-6-8-10-16/h6-13,15,21H,4-5,14H2,1-3H3/t15-,21?/m0/s1. The van der Waals surface area contributed by atoms with Crippen LogP contribution in [0.3, 0.4) is 0 Å². The third-order valence-electron chi connectivity index (χ3n) is 5.12. The number of rotatable bonds is 6. The van der Waals surface area contributed by atoms with Crippen molar-refractivity contribution in [1.29, 1.82) is 0 Å². The molecule has 2 aromatic rings. The van der Waals surface area contributed by atoms with E-state index in [4.69, 9.17) is 21.3 Å².